The standard InChI is InChI=1S/C22H24N6O3S.C15H24N2O3Si.C12H14N4O2S/c1-22-6-15(22)5-17-18(7-22)26-27-19(17)21(29)25-16-9-24-28(10-16)20(13-3-2-4-23-8-13)14-11-32(30,31)12-14;1-21(2,3)5-4-20-9-17-13-8-11-6-10(11)7-12(13)14(16-17)15(18)19;13-11-5-15-16(6-11)12(9-2-1-3-14-4-9)10-7-19(17,18)8-10/h2-4,8-10,14-15,20H,5-7,11-12H2,1H3,(H,25,29)(H,26,27);10-11H,4-9H2,1-3H3,(H,18,19);1-6,10,12H,7-8,13H2. The number of carboxylic acid groups (broad SMARTS) is 1. The summed E-state index contributed by atoms with van der Waals surface area (Å²) in [6.07, 6.45) is 19.6. The van der Waals surface area contributed by atoms with Gasteiger partial charge in [-0.25, -0.2) is 26.3 Å². The van der Waals surface area contributed by atoms with E-state index < -0.39 is 33.7 Å². The summed E-state index contributed by atoms with van der Waals surface area (Å²) in [5, 5.41) is 32.5. The number of anilines is 2. The number of hydrogen-bond acceptors (Lipinski definition) is 14. The van der Waals surface area contributed by atoms with Gasteiger partial charge in [0.1, 0.15) is 6.73 Å². The van der Waals surface area contributed by atoms with Gasteiger partial charge >= 0.3 is 5.97 Å². The van der Waals surface area contributed by atoms with Gasteiger partial charge < -0.3 is 20.9 Å². The van der Waals surface area contributed by atoms with E-state index in [1.165, 1.54) is 12.8 Å². The first-order valence-corrected chi connectivity index (χ1v) is 31.9. The number of aromatic amines is 1. The van der Waals surface area contributed by atoms with Crippen LogP contribution in [0, 0.1) is 35.0 Å². The molecule has 4 aliphatic carbocycles. The minimum Gasteiger partial charge on any atom is -0.476 e. The van der Waals surface area contributed by atoms with Crippen LogP contribution >= 0.6 is 0 Å². The maximum atomic E-state index is 13.0. The molecule has 72 heavy (non-hydrogen) atoms. The van der Waals surface area contributed by atoms with Crippen LogP contribution in [0.1, 0.15) is 86.5 Å². The Morgan fingerprint density at radius 1 is 0.875 bits per heavy atom. The Kier molecular flexibility index (Phi) is 13.1. The van der Waals surface area contributed by atoms with Crippen molar-refractivity contribution in [3.8, 4) is 0 Å². The van der Waals surface area contributed by atoms with Crippen molar-refractivity contribution in [2.24, 2.45) is 35.0 Å². The zero-order valence-corrected chi connectivity index (χ0v) is 43.5. The Labute approximate surface area is 419 Å². The number of H-pyrrole nitrogens is 1. The fourth-order valence-electron chi connectivity index (χ4n) is 11.0. The summed E-state index contributed by atoms with van der Waals surface area (Å²) in [6, 6.07) is 8.24. The van der Waals surface area contributed by atoms with Gasteiger partial charge in [-0.1, -0.05) is 38.7 Å². The van der Waals surface area contributed by atoms with Crippen LogP contribution < -0.4 is 11.1 Å². The highest BCUT2D eigenvalue weighted by atomic mass is 32.2. The molecule has 6 aliphatic rings. The molecule has 2 aliphatic heterocycles. The quantitative estimate of drug-likeness (QED) is 0.0813. The van der Waals surface area contributed by atoms with Crippen LogP contribution in [0.2, 0.25) is 25.7 Å². The summed E-state index contributed by atoms with van der Waals surface area (Å²) in [5.41, 5.74) is 13.9. The lowest BCUT2D eigenvalue weighted by Crippen LogP contribution is -2.42. The molecule has 12 rings (SSSR count). The summed E-state index contributed by atoms with van der Waals surface area (Å²) in [6.45, 7) is 10.4. The van der Waals surface area contributed by atoms with Crippen molar-refractivity contribution < 1.29 is 36.3 Å². The lowest BCUT2D eigenvalue weighted by atomic mass is 9.87. The molecule has 8 heterocycles. The number of amides is 1. The number of nitrogens with two attached hydrogens (primary N) is 1. The SMILES string of the molecule is CC12Cc3[nH]nc(C(=O)Nc4cnn(C(c5cccnc5)C5CS(=O)(=O)C5)c4)c3CC1C2.C[Si](C)(C)CCOCn1nc(C(=O)O)c2c1CC1CC1C2.Nc1cnn(C(c2cccnc2)C2CS(=O)(=O)C2)c1. The number of aromatic nitrogens is 10. The van der Waals surface area contributed by atoms with Crippen molar-refractivity contribution in [2.45, 2.75) is 89.9 Å². The van der Waals surface area contributed by atoms with Crippen molar-refractivity contribution >= 4 is 51.0 Å². The molecule has 1 amide bonds. The molecule has 382 valence electrons. The van der Waals surface area contributed by atoms with Crippen LogP contribution in [-0.2, 0) is 56.8 Å². The minimum atomic E-state index is -2.99. The Morgan fingerprint density at radius 3 is 2.07 bits per heavy atom. The molecule has 20 nitrogen and oxygen atoms in total. The molecule has 6 aromatic rings. The average molecular weight is 1040 g/mol. The third kappa shape index (κ3) is 10.8. The molecular weight excluding hydrogens is 977 g/mol. The second kappa shape index (κ2) is 19.1. The zero-order valence-electron chi connectivity index (χ0n) is 40.9. The predicted octanol–water partition coefficient (Wildman–Crippen LogP) is 5.13. The number of nitrogens with zero attached hydrogens (tertiary/aromatic N) is 9. The van der Waals surface area contributed by atoms with E-state index in [9.17, 15) is 31.5 Å². The molecule has 0 radical (unpaired) electrons. The van der Waals surface area contributed by atoms with Gasteiger partial charge in [-0.05, 0) is 91.0 Å². The summed E-state index contributed by atoms with van der Waals surface area (Å²) in [5.74, 6) is 1.47. The molecular formula is C49H62N12O8S2Si. The molecule has 6 unspecified atom stereocenters. The van der Waals surface area contributed by atoms with Gasteiger partial charge in [0, 0.05) is 86.2 Å². The average Bonchev–Trinajstić information content (AvgIpc) is 3.83. The van der Waals surface area contributed by atoms with Crippen LogP contribution in [0.15, 0.2) is 73.8 Å². The van der Waals surface area contributed by atoms with E-state index in [-0.39, 0.29) is 58.5 Å². The number of nitrogen functional groups attached to an aromatic ring is 1. The summed E-state index contributed by atoms with van der Waals surface area (Å²) in [7, 11) is -6.96. The number of rotatable bonds is 14. The normalized spacial score (nSPS) is 23.9. The molecule has 6 atom stereocenters. The third-order valence-corrected chi connectivity index (χ3v) is 20.6. The highest BCUT2D eigenvalue weighted by molar-refractivity contribution is 7.93. The number of aromatic carboxylic acids is 1. The predicted molar refractivity (Wildman–Crippen MR) is 270 cm³/mol. The number of carbonyl (C=O) groups excluding carboxylic acids is 1. The highest BCUT2D eigenvalue weighted by Gasteiger charge is 2.54. The van der Waals surface area contributed by atoms with E-state index in [1.807, 2.05) is 24.3 Å². The van der Waals surface area contributed by atoms with E-state index in [4.69, 9.17) is 10.5 Å². The number of pyridine rings is 2. The maximum absolute atomic E-state index is 13.0. The van der Waals surface area contributed by atoms with Gasteiger partial charge in [0.25, 0.3) is 5.91 Å². The molecule has 0 bridgehead atoms. The fourth-order valence-corrected chi connectivity index (χ4v) is 14.9. The second-order valence-electron chi connectivity index (χ2n) is 22.1. The smallest absolute Gasteiger partial charge is 0.356 e. The number of carboxylic acids is 1. The monoisotopic (exact) mass is 1040 g/mol. The van der Waals surface area contributed by atoms with Crippen LogP contribution in [0.5, 0.6) is 0 Å². The molecule has 0 aromatic carbocycles. The van der Waals surface area contributed by atoms with Crippen molar-refractivity contribution in [1.82, 2.24) is 49.5 Å². The summed E-state index contributed by atoms with van der Waals surface area (Å²) in [4.78, 5) is 32.6. The van der Waals surface area contributed by atoms with Gasteiger partial charge in [-0.2, -0.15) is 20.4 Å². The maximum Gasteiger partial charge on any atom is 0.356 e. The number of sulfone groups is 2. The van der Waals surface area contributed by atoms with E-state index in [0.717, 1.165) is 77.9 Å². The largest absolute Gasteiger partial charge is 0.476 e. The number of carbonyl (C=O) groups is 2. The van der Waals surface area contributed by atoms with Crippen LogP contribution in [-0.4, -0.2) is 121 Å². The summed E-state index contributed by atoms with van der Waals surface area (Å²) >= 11 is 0. The van der Waals surface area contributed by atoms with Crippen molar-refractivity contribution in [3.05, 3.63) is 119 Å². The van der Waals surface area contributed by atoms with Crippen LogP contribution in [0.4, 0.5) is 11.4 Å². The van der Waals surface area contributed by atoms with E-state index >= 15 is 0 Å². The van der Waals surface area contributed by atoms with Crippen molar-refractivity contribution in [2.75, 3.05) is 40.7 Å². The first-order valence-electron chi connectivity index (χ1n) is 24.5. The molecule has 4 fully saturated rings. The van der Waals surface area contributed by atoms with Crippen LogP contribution in [0.3, 0.4) is 0 Å². The minimum absolute atomic E-state index is 0.0218. The Bertz CT molecular complexity index is 3180. The van der Waals surface area contributed by atoms with Gasteiger partial charge in [0.2, 0.25) is 0 Å². The van der Waals surface area contributed by atoms with Gasteiger partial charge in [0.15, 0.2) is 31.1 Å². The van der Waals surface area contributed by atoms with Crippen LogP contribution in [0.25, 0.3) is 0 Å². The topological polar surface area (TPSA) is 278 Å². The van der Waals surface area contributed by atoms with E-state index in [0.29, 0.717) is 41.1 Å². The molecule has 0 spiro atoms. The second-order valence-corrected chi connectivity index (χ2v) is 32.0. The first kappa shape index (κ1) is 49.5. The highest BCUT2D eigenvalue weighted by Crippen LogP contribution is 2.59. The van der Waals surface area contributed by atoms with E-state index in [2.05, 4.69) is 67.3 Å². The third-order valence-electron chi connectivity index (χ3n) is 15.2. The Balaban J connectivity index is 0.000000130. The number of ether oxygens (including phenoxy) is 1. The molecule has 2 saturated carbocycles. The number of hydrogen-bond donors (Lipinski definition) is 4. The van der Waals surface area contributed by atoms with Gasteiger partial charge in [-0.3, -0.25) is 29.2 Å². The molecule has 5 N–H and O–H groups in total. The number of fused-ring (bicyclic) bond motifs is 4. The van der Waals surface area contributed by atoms with E-state index in [1.54, 1.807) is 63.6 Å². The number of nitrogens with one attached hydrogen (secondary N) is 2. The lowest BCUT2D eigenvalue weighted by molar-refractivity contribution is 0.0668. The van der Waals surface area contributed by atoms with Gasteiger partial charge in [-0.15, -0.1) is 0 Å². The molecule has 2 saturated heterocycles. The Morgan fingerprint density at radius 2 is 1.50 bits per heavy atom. The van der Waals surface area contributed by atoms with Crippen molar-refractivity contribution in [3.63, 3.8) is 0 Å². The van der Waals surface area contributed by atoms with Gasteiger partial charge in [0.05, 0.1) is 58.9 Å². The Hall–Kier alpha value is -6.04. The summed E-state index contributed by atoms with van der Waals surface area (Å²) < 4.78 is 57.4. The molecule has 23 heteroatoms. The van der Waals surface area contributed by atoms with Crippen molar-refractivity contribution in [1.29, 1.82) is 0 Å². The lowest BCUT2D eigenvalue weighted by Gasteiger charge is -2.33. The zero-order chi connectivity index (χ0) is 50.7. The molecule has 6 aromatic heterocycles. The first-order chi connectivity index (χ1) is 34.2. The fraction of sp³-hybridized carbons (Fsp3) is 0.510.